The maximum absolute atomic E-state index is 9.45. The number of aromatic nitrogens is 3. The SMILES string of the molecule is CC1Cn2c(nnc2-c2cccc(O)c2)S1. The fraction of sp³-hybridized carbons (Fsp3) is 0.273. The zero-order valence-corrected chi connectivity index (χ0v) is 9.61. The highest BCUT2D eigenvalue weighted by Gasteiger charge is 2.24. The number of phenols is 1. The normalized spacial score (nSPS) is 18.7. The number of aromatic hydroxyl groups is 1. The quantitative estimate of drug-likeness (QED) is 0.820. The molecule has 1 aliphatic rings. The lowest BCUT2D eigenvalue weighted by Crippen LogP contribution is -2.02. The smallest absolute Gasteiger partial charge is 0.191 e. The van der Waals surface area contributed by atoms with Crippen molar-refractivity contribution in [2.75, 3.05) is 0 Å². The van der Waals surface area contributed by atoms with Gasteiger partial charge in [0.05, 0.1) is 0 Å². The molecule has 1 atom stereocenters. The predicted molar refractivity (Wildman–Crippen MR) is 62.4 cm³/mol. The molecule has 0 saturated carbocycles. The molecule has 1 N–H and O–H groups in total. The molecule has 0 bridgehead atoms. The summed E-state index contributed by atoms with van der Waals surface area (Å²) in [7, 11) is 0. The van der Waals surface area contributed by atoms with E-state index in [1.807, 2.05) is 12.1 Å². The van der Waals surface area contributed by atoms with Gasteiger partial charge in [-0.05, 0) is 12.1 Å². The van der Waals surface area contributed by atoms with Crippen LogP contribution in [0, 0.1) is 0 Å². The van der Waals surface area contributed by atoms with Crippen molar-refractivity contribution in [1.82, 2.24) is 14.8 Å². The Hall–Kier alpha value is -1.49. The highest BCUT2D eigenvalue weighted by Crippen LogP contribution is 2.34. The minimum Gasteiger partial charge on any atom is -0.508 e. The molecular formula is C11H11N3OS. The minimum atomic E-state index is 0.258. The molecule has 1 aromatic carbocycles. The van der Waals surface area contributed by atoms with E-state index in [4.69, 9.17) is 0 Å². The van der Waals surface area contributed by atoms with E-state index in [0.717, 1.165) is 23.1 Å². The fourth-order valence-electron chi connectivity index (χ4n) is 1.87. The summed E-state index contributed by atoms with van der Waals surface area (Å²) in [6.45, 7) is 3.10. The number of thioether (sulfide) groups is 1. The van der Waals surface area contributed by atoms with E-state index in [-0.39, 0.29) is 5.75 Å². The topological polar surface area (TPSA) is 50.9 Å². The molecule has 1 unspecified atom stereocenters. The van der Waals surface area contributed by atoms with E-state index in [1.165, 1.54) is 0 Å². The molecule has 0 radical (unpaired) electrons. The van der Waals surface area contributed by atoms with Crippen molar-refractivity contribution < 1.29 is 5.11 Å². The number of hydrogen-bond donors (Lipinski definition) is 1. The number of benzene rings is 1. The number of hydrogen-bond acceptors (Lipinski definition) is 4. The first-order chi connectivity index (χ1) is 7.74. The second-order valence-electron chi connectivity index (χ2n) is 3.90. The lowest BCUT2D eigenvalue weighted by molar-refractivity contribution is 0.475. The predicted octanol–water partition coefficient (Wildman–Crippen LogP) is 2.14. The fourth-order valence-corrected chi connectivity index (χ4v) is 2.83. The summed E-state index contributed by atoms with van der Waals surface area (Å²) in [5.41, 5.74) is 0.911. The molecule has 2 heterocycles. The van der Waals surface area contributed by atoms with Crippen LogP contribution in [0.1, 0.15) is 6.92 Å². The number of fused-ring (bicyclic) bond motifs is 1. The summed E-state index contributed by atoms with van der Waals surface area (Å²) < 4.78 is 2.10. The third-order valence-corrected chi connectivity index (χ3v) is 3.63. The highest BCUT2D eigenvalue weighted by molar-refractivity contribution is 7.99. The molecule has 3 rings (SSSR count). The Morgan fingerprint density at radius 1 is 1.44 bits per heavy atom. The van der Waals surface area contributed by atoms with E-state index in [0.29, 0.717) is 5.25 Å². The Balaban J connectivity index is 2.08. The molecule has 82 valence electrons. The molecule has 0 spiro atoms. The molecule has 0 amide bonds. The lowest BCUT2D eigenvalue weighted by Gasteiger charge is -2.03. The van der Waals surface area contributed by atoms with Gasteiger partial charge in [-0.15, -0.1) is 10.2 Å². The second-order valence-corrected chi connectivity index (χ2v) is 5.30. The highest BCUT2D eigenvalue weighted by atomic mass is 32.2. The van der Waals surface area contributed by atoms with Gasteiger partial charge in [-0.25, -0.2) is 0 Å². The van der Waals surface area contributed by atoms with Gasteiger partial charge in [-0.2, -0.15) is 0 Å². The van der Waals surface area contributed by atoms with Crippen LogP contribution in [0.15, 0.2) is 29.4 Å². The molecular weight excluding hydrogens is 222 g/mol. The van der Waals surface area contributed by atoms with E-state index >= 15 is 0 Å². The summed E-state index contributed by atoms with van der Waals surface area (Å²) in [4.78, 5) is 0. The first-order valence-corrected chi connectivity index (χ1v) is 6.01. The average Bonchev–Trinajstić information content (AvgIpc) is 2.76. The van der Waals surface area contributed by atoms with Crippen LogP contribution in [0.2, 0.25) is 0 Å². The van der Waals surface area contributed by atoms with Crippen molar-refractivity contribution >= 4 is 11.8 Å². The van der Waals surface area contributed by atoms with Crippen molar-refractivity contribution in [1.29, 1.82) is 0 Å². The third-order valence-electron chi connectivity index (χ3n) is 2.57. The summed E-state index contributed by atoms with van der Waals surface area (Å²) in [6, 6.07) is 7.12. The van der Waals surface area contributed by atoms with E-state index in [1.54, 1.807) is 23.9 Å². The van der Waals surface area contributed by atoms with E-state index < -0.39 is 0 Å². The van der Waals surface area contributed by atoms with Crippen molar-refractivity contribution in [2.24, 2.45) is 0 Å². The van der Waals surface area contributed by atoms with Gasteiger partial charge in [-0.1, -0.05) is 30.8 Å². The molecule has 16 heavy (non-hydrogen) atoms. The van der Waals surface area contributed by atoms with Crippen LogP contribution in [0.3, 0.4) is 0 Å². The Labute approximate surface area is 97.3 Å². The van der Waals surface area contributed by atoms with E-state index in [2.05, 4.69) is 21.7 Å². The van der Waals surface area contributed by atoms with E-state index in [9.17, 15) is 5.11 Å². The summed E-state index contributed by atoms with van der Waals surface area (Å²) in [5, 5.41) is 19.3. The minimum absolute atomic E-state index is 0.258. The van der Waals surface area contributed by atoms with Crippen LogP contribution in [0.25, 0.3) is 11.4 Å². The van der Waals surface area contributed by atoms with Crippen LogP contribution in [-0.4, -0.2) is 25.1 Å². The van der Waals surface area contributed by atoms with Crippen molar-refractivity contribution in [3.8, 4) is 17.1 Å². The van der Waals surface area contributed by atoms with Crippen LogP contribution in [0.4, 0.5) is 0 Å². The molecule has 1 aliphatic heterocycles. The zero-order valence-electron chi connectivity index (χ0n) is 8.79. The Morgan fingerprint density at radius 2 is 2.31 bits per heavy atom. The van der Waals surface area contributed by atoms with Crippen LogP contribution < -0.4 is 0 Å². The zero-order chi connectivity index (χ0) is 11.1. The van der Waals surface area contributed by atoms with Gasteiger partial charge in [0.25, 0.3) is 0 Å². The van der Waals surface area contributed by atoms with Gasteiger partial charge in [0, 0.05) is 17.4 Å². The van der Waals surface area contributed by atoms with Gasteiger partial charge >= 0.3 is 0 Å². The van der Waals surface area contributed by atoms with Crippen LogP contribution in [0.5, 0.6) is 5.75 Å². The van der Waals surface area contributed by atoms with Gasteiger partial charge in [0.1, 0.15) is 5.75 Å². The number of phenolic OH excluding ortho intramolecular Hbond substituents is 1. The summed E-state index contributed by atoms with van der Waals surface area (Å²) >= 11 is 1.74. The third kappa shape index (κ3) is 1.48. The molecule has 0 aliphatic carbocycles. The first-order valence-electron chi connectivity index (χ1n) is 5.13. The van der Waals surface area contributed by atoms with Crippen molar-refractivity contribution in [3.05, 3.63) is 24.3 Å². The monoisotopic (exact) mass is 233 g/mol. The second kappa shape index (κ2) is 3.52. The molecule has 4 nitrogen and oxygen atoms in total. The van der Waals surface area contributed by atoms with Crippen LogP contribution >= 0.6 is 11.8 Å². The van der Waals surface area contributed by atoms with Crippen molar-refractivity contribution in [2.45, 2.75) is 23.9 Å². The van der Waals surface area contributed by atoms with Crippen molar-refractivity contribution in [3.63, 3.8) is 0 Å². The molecule has 2 aromatic rings. The van der Waals surface area contributed by atoms with Gasteiger partial charge < -0.3 is 9.67 Å². The lowest BCUT2D eigenvalue weighted by atomic mass is 10.2. The standard InChI is InChI=1S/C11H11N3OS/c1-7-6-14-10(12-13-11(14)16-7)8-3-2-4-9(15)5-8/h2-5,7,15H,6H2,1H3. The average molecular weight is 233 g/mol. The number of rotatable bonds is 1. The Kier molecular flexibility index (Phi) is 2.14. The largest absolute Gasteiger partial charge is 0.508 e. The van der Waals surface area contributed by atoms with Gasteiger partial charge in [-0.3, -0.25) is 0 Å². The summed E-state index contributed by atoms with van der Waals surface area (Å²) in [5.74, 6) is 1.09. The Bertz CT molecular complexity index is 538. The van der Waals surface area contributed by atoms with Gasteiger partial charge in [0.2, 0.25) is 0 Å². The summed E-state index contributed by atoms with van der Waals surface area (Å²) in [6.07, 6.45) is 0. The maximum Gasteiger partial charge on any atom is 0.191 e. The van der Waals surface area contributed by atoms with Gasteiger partial charge in [0.15, 0.2) is 11.0 Å². The molecule has 0 fully saturated rings. The molecule has 0 saturated heterocycles. The van der Waals surface area contributed by atoms with Crippen LogP contribution in [-0.2, 0) is 6.54 Å². The first kappa shape index (κ1) is 9.72. The number of nitrogens with zero attached hydrogens (tertiary/aromatic N) is 3. The molecule has 5 heteroatoms. The molecule has 1 aromatic heterocycles. The Morgan fingerprint density at radius 3 is 3.12 bits per heavy atom. The maximum atomic E-state index is 9.45.